The quantitative estimate of drug-likeness (QED) is 0.242. The van der Waals surface area contributed by atoms with Crippen molar-refractivity contribution in [2.45, 2.75) is 0 Å². The molecule has 0 amide bonds. The standard InChI is InChI=1S/C16H8N2O8/c19-9-15(25-13-5-1-11(2-6-13)17(21)22)16(10-20)26-14-7-3-12(4-8-14)18(23)24/h1-8H. The van der Waals surface area contributed by atoms with E-state index < -0.39 is 21.4 Å². The molecule has 130 valence electrons. The Kier molecular flexibility index (Phi) is 5.58. The molecule has 0 fully saturated rings. The molecule has 0 saturated carbocycles. The molecule has 10 heteroatoms. The van der Waals surface area contributed by atoms with Gasteiger partial charge in [0, 0.05) is 24.3 Å². The topological polar surface area (TPSA) is 139 Å². The van der Waals surface area contributed by atoms with Gasteiger partial charge in [-0.2, -0.15) is 0 Å². The van der Waals surface area contributed by atoms with Crippen LogP contribution in [0, 0.1) is 20.2 Å². The average Bonchev–Trinajstić information content (AvgIpc) is 2.65. The predicted molar refractivity (Wildman–Crippen MR) is 85.9 cm³/mol. The molecule has 0 aliphatic carbocycles. The number of hydrogen-bond acceptors (Lipinski definition) is 8. The molecule has 0 aliphatic heterocycles. The van der Waals surface area contributed by atoms with Crippen LogP contribution < -0.4 is 9.47 Å². The molecular formula is C16H8N2O8. The summed E-state index contributed by atoms with van der Waals surface area (Å²) in [6.45, 7) is 0. The number of carbonyl (C=O) groups excluding carboxylic acids is 2. The second-order valence-corrected chi connectivity index (χ2v) is 4.57. The summed E-state index contributed by atoms with van der Waals surface area (Å²) in [6, 6.07) is 9.40. The zero-order valence-corrected chi connectivity index (χ0v) is 12.8. The minimum absolute atomic E-state index is 0.0222. The van der Waals surface area contributed by atoms with E-state index in [1.807, 2.05) is 0 Å². The van der Waals surface area contributed by atoms with Gasteiger partial charge in [0.05, 0.1) is 9.85 Å². The van der Waals surface area contributed by atoms with E-state index >= 15 is 0 Å². The zero-order chi connectivity index (χ0) is 19.1. The fourth-order valence-electron chi connectivity index (χ4n) is 1.73. The normalized spacial score (nSPS) is 9.38. The van der Waals surface area contributed by atoms with Crippen molar-refractivity contribution in [3.63, 3.8) is 0 Å². The molecule has 0 N–H and O–H groups in total. The highest BCUT2D eigenvalue weighted by Crippen LogP contribution is 2.23. The molecule has 0 spiro atoms. The van der Waals surface area contributed by atoms with Gasteiger partial charge in [-0.15, -0.1) is 0 Å². The van der Waals surface area contributed by atoms with Crippen LogP contribution in [0.25, 0.3) is 0 Å². The van der Waals surface area contributed by atoms with Crippen molar-refractivity contribution < 1.29 is 28.9 Å². The Morgan fingerprint density at radius 3 is 1.23 bits per heavy atom. The molecule has 26 heavy (non-hydrogen) atoms. The Morgan fingerprint density at radius 1 is 0.692 bits per heavy atom. The van der Waals surface area contributed by atoms with Gasteiger partial charge in [0.1, 0.15) is 11.5 Å². The van der Waals surface area contributed by atoms with Crippen LogP contribution in [0.3, 0.4) is 0 Å². The van der Waals surface area contributed by atoms with E-state index in [-0.39, 0.29) is 22.9 Å². The van der Waals surface area contributed by atoms with Crippen molar-refractivity contribution >= 4 is 23.3 Å². The minimum Gasteiger partial charge on any atom is -0.441 e. The molecule has 0 heterocycles. The summed E-state index contributed by atoms with van der Waals surface area (Å²) in [5.74, 6) is 1.49. The fourth-order valence-corrected chi connectivity index (χ4v) is 1.73. The van der Waals surface area contributed by atoms with Gasteiger partial charge < -0.3 is 9.47 Å². The summed E-state index contributed by atoms with van der Waals surface area (Å²) in [7, 11) is 0. The van der Waals surface area contributed by atoms with Gasteiger partial charge in [0.15, 0.2) is 11.9 Å². The number of hydrogen-bond donors (Lipinski definition) is 0. The van der Waals surface area contributed by atoms with E-state index in [1.165, 1.54) is 36.1 Å². The van der Waals surface area contributed by atoms with E-state index in [0.29, 0.717) is 0 Å². The van der Waals surface area contributed by atoms with E-state index in [9.17, 15) is 29.8 Å². The summed E-state index contributed by atoms with van der Waals surface area (Å²) in [5, 5.41) is 21.2. The van der Waals surface area contributed by atoms with Crippen LogP contribution in [-0.2, 0) is 9.59 Å². The maximum Gasteiger partial charge on any atom is 0.269 e. The van der Waals surface area contributed by atoms with Crippen molar-refractivity contribution in [1.82, 2.24) is 0 Å². The molecule has 0 unspecified atom stereocenters. The van der Waals surface area contributed by atoms with Crippen molar-refractivity contribution in [1.29, 1.82) is 0 Å². The van der Waals surface area contributed by atoms with Crippen LogP contribution in [0.15, 0.2) is 60.0 Å². The lowest BCUT2D eigenvalue weighted by molar-refractivity contribution is -0.385. The number of benzene rings is 2. The van der Waals surface area contributed by atoms with E-state index in [1.54, 1.807) is 0 Å². The van der Waals surface area contributed by atoms with Crippen molar-refractivity contribution in [2.75, 3.05) is 0 Å². The molecule has 0 saturated heterocycles. The number of nitrogens with zero attached hydrogens (tertiary/aromatic N) is 2. The molecule has 0 radical (unpaired) electrons. The molecule has 2 rings (SSSR count). The van der Waals surface area contributed by atoms with Crippen LogP contribution in [0.4, 0.5) is 11.4 Å². The lowest BCUT2D eigenvalue weighted by Gasteiger charge is -2.09. The summed E-state index contributed by atoms with van der Waals surface area (Å²) >= 11 is 0. The first-order valence-electron chi connectivity index (χ1n) is 6.79. The first kappa shape index (κ1) is 18.1. The van der Waals surface area contributed by atoms with Crippen LogP contribution in [0.5, 0.6) is 11.5 Å². The molecule has 0 aromatic heterocycles. The van der Waals surface area contributed by atoms with Gasteiger partial charge >= 0.3 is 0 Å². The van der Waals surface area contributed by atoms with Crippen molar-refractivity contribution in [2.24, 2.45) is 0 Å². The van der Waals surface area contributed by atoms with Crippen LogP contribution in [0.1, 0.15) is 0 Å². The third-order valence-corrected chi connectivity index (χ3v) is 2.93. The third kappa shape index (κ3) is 4.39. The van der Waals surface area contributed by atoms with Gasteiger partial charge in [-0.1, -0.05) is 0 Å². The second-order valence-electron chi connectivity index (χ2n) is 4.57. The maximum absolute atomic E-state index is 11.1. The Morgan fingerprint density at radius 2 is 1.00 bits per heavy atom. The highest BCUT2D eigenvalue weighted by Gasteiger charge is 2.16. The SMILES string of the molecule is O=C=C(Oc1ccc([N+](=O)[O-])cc1)C(=C=O)Oc1ccc([N+](=O)[O-])cc1. The number of rotatable bonds is 7. The van der Waals surface area contributed by atoms with E-state index in [0.717, 1.165) is 24.3 Å². The largest absolute Gasteiger partial charge is 0.441 e. The predicted octanol–water partition coefficient (Wildman–Crippen LogP) is 2.39. The summed E-state index contributed by atoms with van der Waals surface area (Å²) in [4.78, 5) is 42.1. The maximum atomic E-state index is 11.1. The molecule has 0 bridgehead atoms. The summed E-state index contributed by atoms with van der Waals surface area (Å²) in [6.07, 6.45) is 0. The van der Waals surface area contributed by atoms with Crippen molar-refractivity contribution in [3.05, 3.63) is 80.3 Å². The molecule has 0 atom stereocenters. The van der Waals surface area contributed by atoms with Gasteiger partial charge in [-0.25, -0.2) is 9.59 Å². The van der Waals surface area contributed by atoms with Crippen LogP contribution in [-0.4, -0.2) is 21.7 Å². The lowest BCUT2D eigenvalue weighted by Crippen LogP contribution is -2.07. The third-order valence-electron chi connectivity index (χ3n) is 2.93. The van der Waals surface area contributed by atoms with E-state index in [4.69, 9.17) is 9.47 Å². The van der Waals surface area contributed by atoms with Gasteiger partial charge in [-0.3, -0.25) is 20.2 Å². The molecule has 2 aromatic carbocycles. The van der Waals surface area contributed by atoms with Gasteiger partial charge in [-0.05, 0) is 24.3 Å². The average molecular weight is 356 g/mol. The first-order chi connectivity index (χ1) is 12.4. The first-order valence-corrected chi connectivity index (χ1v) is 6.79. The molecule has 0 aliphatic rings. The second kappa shape index (κ2) is 8.02. The number of ether oxygens (including phenoxy) is 2. The molecular weight excluding hydrogens is 348 g/mol. The molecule has 10 nitrogen and oxygen atoms in total. The monoisotopic (exact) mass is 356 g/mol. The Balaban J connectivity index is 2.16. The zero-order valence-electron chi connectivity index (χ0n) is 12.8. The van der Waals surface area contributed by atoms with Gasteiger partial charge in [0.25, 0.3) is 22.9 Å². The van der Waals surface area contributed by atoms with Crippen LogP contribution in [0.2, 0.25) is 0 Å². The summed E-state index contributed by atoms with van der Waals surface area (Å²) in [5.41, 5.74) is -0.385. The Bertz CT molecular complexity index is 858. The van der Waals surface area contributed by atoms with Crippen molar-refractivity contribution in [3.8, 4) is 11.5 Å². The van der Waals surface area contributed by atoms with Crippen LogP contribution >= 0.6 is 0 Å². The van der Waals surface area contributed by atoms with E-state index in [2.05, 4.69) is 0 Å². The molecule has 2 aromatic rings. The highest BCUT2D eigenvalue weighted by molar-refractivity contribution is 5.68. The number of non-ortho nitro benzene ring substituents is 2. The van der Waals surface area contributed by atoms with Gasteiger partial charge in [0.2, 0.25) is 0 Å². The minimum atomic E-state index is -0.646. The smallest absolute Gasteiger partial charge is 0.269 e. The number of nitro groups is 2. The fraction of sp³-hybridized carbons (Fsp3) is 0. The Labute approximate surface area is 144 Å². The Hall–Kier alpha value is -4.26. The summed E-state index contributed by atoms with van der Waals surface area (Å²) < 4.78 is 10.2. The highest BCUT2D eigenvalue weighted by atomic mass is 16.6. The number of nitro benzene ring substituents is 2. The lowest BCUT2D eigenvalue weighted by atomic mass is 10.3.